The molecule has 8 heteroatoms. The van der Waals surface area contributed by atoms with Crippen LogP contribution in [0.25, 0.3) is 0 Å². The van der Waals surface area contributed by atoms with Gasteiger partial charge in [-0.05, 0) is 61.4 Å². The third kappa shape index (κ3) is 6.54. The summed E-state index contributed by atoms with van der Waals surface area (Å²) in [4.78, 5) is 21.2. The zero-order valence-electron chi connectivity index (χ0n) is 17.9. The summed E-state index contributed by atoms with van der Waals surface area (Å²) in [6.07, 6.45) is 3.71. The fraction of sp³-hybridized carbons (Fsp3) is 0.240. The largest absolute Gasteiger partial charge is 0.487 e. The summed E-state index contributed by atoms with van der Waals surface area (Å²) >= 11 is 0. The quantitative estimate of drug-likeness (QED) is 0.367. The van der Waals surface area contributed by atoms with Gasteiger partial charge in [-0.3, -0.25) is 4.98 Å². The topological polar surface area (TPSA) is 99.5 Å². The highest BCUT2D eigenvalue weighted by Gasteiger charge is 2.17. The molecule has 1 fully saturated rings. The summed E-state index contributed by atoms with van der Waals surface area (Å²) in [7, 11) is 0. The maximum atomic E-state index is 11.4. The SMILES string of the molecule is O=C(O)c1ccnc(/C(COc2ccc(Oc3ccccc3)cc2)=N/OC2CCCCO2)c1. The lowest BCUT2D eigenvalue weighted by atomic mass is 10.2. The Morgan fingerprint density at radius 1 is 1.03 bits per heavy atom. The number of carboxylic acids is 1. The van der Waals surface area contributed by atoms with Crippen molar-refractivity contribution in [1.82, 2.24) is 4.98 Å². The van der Waals surface area contributed by atoms with Crippen molar-refractivity contribution in [1.29, 1.82) is 0 Å². The smallest absolute Gasteiger partial charge is 0.335 e. The minimum absolute atomic E-state index is 0.0294. The van der Waals surface area contributed by atoms with Crippen LogP contribution in [0.1, 0.15) is 35.3 Å². The van der Waals surface area contributed by atoms with Gasteiger partial charge in [0.1, 0.15) is 29.6 Å². The highest BCUT2D eigenvalue weighted by atomic mass is 16.8. The van der Waals surface area contributed by atoms with Gasteiger partial charge in [-0.2, -0.15) is 0 Å². The number of pyridine rings is 1. The normalized spacial score (nSPS) is 16.1. The third-order valence-electron chi connectivity index (χ3n) is 4.90. The minimum atomic E-state index is -1.05. The first-order valence-corrected chi connectivity index (χ1v) is 10.7. The summed E-state index contributed by atoms with van der Waals surface area (Å²) in [5, 5.41) is 13.5. The number of hydrogen-bond acceptors (Lipinski definition) is 7. The summed E-state index contributed by atoms with van der Waals surface area (Å²) in [5.74, 6) is 0.957. The Labute approximate surface area is 191 Å². The van der Waals surface area contributed by atoms with Crippen molar-refractivity contribution in [3.63, 3.8) is 0 Å². The van der Waals surface area contributed by atoms with Crippen LogP contribution in [0.4, 0.5) is 0 Å². The number of hydrogen-bond donors (Lipinski definition) is 1. The van der Waals surface area contributed by atoms with Crippen LogP contribution in [-0.2, 0) is 9.57 Å². The maximum absolute atomic E-state index is 11.4. The molecule has 0 aliphatic carbocycles. The summed E-state index contributed by atoms with van der Waals surface area (Å²) in [6.45, 7) is 0.651. The van der Waals surface area contributed by atoms with E-state index in [9.17, 15) is 9.90 Å². The highest BCUT2D eigenvalue weighted by Crippen LogP contribution is 2.24. The monoisotopic (exact) mass is 448 g/mol. The molecule has 170 valence electrons. The molecule has 2 aromatic carbocycles. The second-order valence-electron chi connectivity index (χ2n) is 7.35. The second kappa shape index (κ2) is 11.1. The number of aromatic carboxylic acids is 1. The van der Waals surface area contributed by atoms with E-state index in [1.807, 2.05) is 30.3 Å². The van der Waals surface area contributed by atoms with Crippen molar-refractivity contribution < 1.29 is 28.9 Å². The number of aromatic nitrogens is 1. The van der Waals surface area contributed by atoms with E-state index in [0.717, 1.165) is 25.0 Å². The van der Waals surface area contributed by atoms with Gasteiger partial charge in [-0.15, -0.1) is 0 Å². The molecule has 1 saturated heterocycles. The fourth-order valence-electron chi connectivity index (χ4n) is 3.17. The standard InChI is InChI=1S/C25H24N2O6/c28-25(29)18-13-14-26-22(16-18)23(27-33-24-8-4-5-15-30-24)17-31-19-9-11-21(12-10-19)32-20-6-2-1-3-7-20/h1-3,6-7,9-14,16,24H,4-5,8,15,17H2,(H,28,29)/b27-23+. The molecule has 4 rings (SSSR count). The summed E-state index contributed by atoms with van der Waals surface area (Å²) in [5.41, 5.74) is 0.815. The van der Waals surface area contributed by atoms with Gasteiger partial charge in [-0.25, -0.2) is 4.79 Å². The molecule has 0 bridgehead atoms. The van der Waals surface area contributed by atoms with Crippen LogP contribution in [0.15, 0.2) is 78.1 Å². The summed E-state index contributed by atoms with van der Waals surface area (Å²) in [6, 6.07) is 19.5. The minimum Gasteiger partial charge on any atom is -0.487 e. The number of benzene rings is 2. The molecule has 1 aliphatic heterocycles. The number of ether oxygens (including phenoxy) is 3. The Hall–Kier alpha value is -3.91. The van der Waals surface area contributed by atoms with Gasteiger partial charge in [0.2, 0.25) is 6.29 Å². The molecule has 0 radical (unpaired) electrons. The average molecular weight is 448 g/mol. The van der Waals surface area contributed by atoms with E-state index in [-0.39, 0.29) is 12.2 Å². The molecule has 1 N–H and O–H groups in total. The first-order valence-electron chi connectivity index (χ1n) is 10.7. The van der Waals surface area contributed by atoms with Crippen molar-refractivity contribution in [3.8, 4) is 17.2 Å². The molecular weight excluding hydrogens is 424 g/mol. The van der Waals surface area contributed by atoms with Gasteiger partial charge in [0.25, 0.3) is 0 Å². The fourth-order valence-corrected chi connectivity index (χ4v) is 3.17. The van der Waals surface area contributed by atoms with E-state index in [2.05, 4.69) is 10.1 Å². The second-order valence-corrected chi connectivity index (χ2v) is 7.35. The van der Waals surface area contributed by atoms with E-state index >= 15 is 0 Å². The van der Waals surface area contributed by atoms with Gasteiger partial charge >= 0.3 is 5.97 Å². The predicted molar refractivity (Wildman–Crippen MR) is 121 cm³/mol. The van der Waals surface area contributed by atoms with Crippen LogP contribution in [-0.4, -0.2) is 41.3 Å². The molecule has 33 heavy (non-hydrogen) atoms. The first-order chi connectivity index (χ1) is 16.2. The molecule has 1 atom stereocenters. The van der Waals surface area contributed by atoms with Gasteiger partial charge < -0.3 is 24.2 Å². The third-order valence-corrected chi connectivity index (χ3v) is 4.90. The number of carboxylic acid groups (broad SMARTS) is 1. The molecule has 3 aromatic rings. The van der Waals surface area contributed by atoms with Crippen molar-refractivity contribution in [3.05, 3.63) is 84.2 Å². The van der Waals surface area contributed by atoms with E-state index in [1.165, 1.54) is 18.3 Å². The van der Waals surface area contributed by atoms with Crippen molar-refractivity contribution >= 4 is 11.7 Å². The Bertz CT molecular complexity index is 1080. The molecule has 1 aromatic heterocycles. The number of oxime groups is 1. The Balaban J connectivity index is 1.45. The van der Waals surface area contributed by atoms with Gasteiger partial charge in [0.05, 0.1) is 17.9 Å². The number of carbonyl (C=O) groups is 1. The Kier molecular flexibility index (Phi) is 7.50. The van der Waals surface area contributed by atoms with Crippen LogP contribution >= 0.6 is 0 Å². The average Bonchev–Trinajstić information content (AvgIpc) is 2.86. The van der Waals surface area contributed by atoms with Gasteiger partial charge in [0, 0.05) is 12.6 Å². The van der Waals surface area contributed by atoms with Crippen LogP contribution in [0, 0.1) is 0 Å². The maximum Gasteiger partial charge on any atom is 0.335 e. The number of nitrogens with zero attached hydrogens (tertiary/aromatic N) is 2. The zero-order valence-corrected chi connectivity index (χ0v) is 17.9. The highest BCUT2D eigenvalue weighted by molar-refractivity contribution is 6.01. The molecule has 0 spiro atoms. The van der Waals surface area contributed by atoms with Gasteiger partial charge in [0.15, 0.2) is 0 Å². The van der Waals surface area contributed by atoms with Crippen molar-refractivity contribution in [2.45, 2.75) is 25.6 Å². The lowest BCUT2D eigenvalue weighted by molar-refractivity contribution is -0.162. The zero-order chi connectivity index (χ0) is 22.9. The van der Waals surface area contributed by atoms with E-state index < -0.39 is 12.3 Å². The molecule has 1 unspecified atom stereocenters. The van der Waals surface area contributed by atoms with Crippen molar-refractivity contribution in [2.75, 3.05) is 13.2 Å². The van der Waals surface area contributed by atoms with E-state index in [0.29, 0.717) is 29.5 Å². The molecule has 2 heterocycles. The number of rotatable bonds is 9. The van der Waals surface area contributed by atoms with Crippen LogP contribution in [0.2, 0.25) is 0 Å². The molecule has 0 saturated carbocycles. The molecule has 8 nitrogen and oxygen atoms in total. The Morgan fingerprint density at radius 3 is 2.52 bits per heavy atom. The number of para-hydroxylation sites is 1. The van der Waals surface area contributed by atoms with E-state index in [4.69, 9.17) is 19.0 Å². The molecule has 0 amide bonds. The lowest BCUT2D eigenvalue weighted by Crippen LogP contribution is -2.22. The first kappa shape index (κ1) is 22.3. The van der Waals surface area contributed by atoms with Crippen LogP contribution < -0.4 is 9.47 Å². The van der Waals surface area contributed by atoms with Gasteiger partial charge in [-0.1, -0.05) is 23.4 Å². The summed E-state index contributed by atoms with van der Waals surface area (Å²) < 4.78 is 17.2. The predicted octanol–water partition coefficient (Wildman–Crippen LogP) is 4.90. The van der Waals surface area contributed by atoms with Crippen molar-refractivity contribution in [2.24, 2.45) is 5.16 Å². The Morgan fingerprint density at radius 2 is 1.79 bits per heavy atom. The molecular formula is C25H24N2O6. The van der Waals surface area contributed by atoms with E-state index in [1.54, 1.807) is 24.3 Å². The molecule has 1 aliphatic rings. The van der Waals surface area contributed by atoms with Crippen LogP contribution in [0.5, 0.6) is 17.2 Å². The van der Waals surface area contributed by atoms with Crippen LogP contribution in [0.3, 0.4) is 0 Å². The lowest BCUT2D eigenvalue weighted by Gasteiger charge is -2.20.